The second-order valence-corrected chi connectivity index (χ2v) is 8.25. The minimum atomic E-state index is 0.0602. The maximum atomic E-state index is 13.4. The zero-order valence-corrected chi connectivity index (χ0v) is 19.0. The molecule has 0 aliphatic carbocycles. The lowest BCUT2D eigenvalue weighted by atomic mass is 10.00. The van der Waals surface area contributed by atoms with Gasteiger partial charge in [0.15, 0.2) is 0 Å². The van der Waals surface area contributed by atoms with Crippen LogP contribution in [0.2, 0.25) is 0 Å². The molecular weight excluding hydrogens is 404 g/mol. The summed E-state index contributed by atoms with van der Waals surface area (Å²) >= 11 is 0. The molecule has 1 amide bonds. The van der Waals surface area contributed by atoms with Gasteiger partial charge in [-0.05, 0) is 68.7 Å². The van der Waals surface area contributed by atoms with Gasteiger partial charge >= 0.3 is 0 Å². The molecular formula is C26H30N2O4. The molecule has 6 nitrogen and oxygen atoms in total. The number of hydrogen-bond donors (Lipinski definition) is 0. The first-order valence-electron chi connectivity index (χ1n) is 11.2. The van der Waals surface area contributed by atoms with Gasteiger partial charge in [0.25, 0.3) is 5.91 Å². The Labute approximate surface area is 189 Å². The van der Waals surface area contributed by atoms with Gasteiger partial charge < -0.3 is 18.9 Å². The fourth-order valence-electron chi connectivity index (χ4n) is 4.25. The molecule has 0 saturated carbocycles. The molecule has 1 unspecified atom stereocenters. The third-order valence-electron chi connectivity index (χ3n) is 6.18. The van der Waals surface area contributed by atoms with Crippen LogP contribution in [0.25, 0.3) is 0 Å². The Balaban J connectivity index is 1.48. The van der Waals surface area contributed by atoms with Crippen molar-refractivity contribution in [1.82, 2.24) is 10.1 Å². The molecule has 0 bridgehead atoms. The fourth-order valence-corrected chi connectivity index (χ4v) is 4.25. The molecule has 1 aliphatic heterocycles. The second kappa shape index (κ2) is 9.90. The number of amides is 1. The lowest BCUT2D eigenvalue weighted by Crippen LogP contribution is -2.34. The van der Waals surface area contributed by atoms with Gasteiger partial charge in [-0.2, -0.15) is 0 Å². The van der Waals surface area contributed by atoms with Crippen LogP contribution in [0.15, 0.2) is 53.1 Å². The smallest absolute Gasteiger partial charge is 0.254 e. The van der Waals surface area contributed by atoms with Gasteiger partial charge in [0, 0.05) is 12.1 Å². The first kappa shape index (κ1) is 21.9. The standard InChI is InChI=1S/C26H30N2O4/c1-18-24(19(2)32-27-18)17-31-23-14-10-21(11-15-23)26(29)28-16-6-4-5-7-25(28)20-8-12-22(30-3)13-9-20/h8-15,25H,4-7,16-17H2,1-3H3. The van der Waals surface area contributed by atoms with E-state index < -0.39 is 0 Å². The van der Waals surface area contributed by atoms with Gasteiger partial charge in [0.1, 0.15) is 23.9 Å². The molecule has 0 radical (unpaired) electrons. The number of rotatable bonds is 6. The van der Waals surface area contributed by atoms with Crippen LogP contribution >= 0.6 is 0 Å². The van der Waals surface area contributed by atoms with Crippen molar-refractivity contribution in [2.45, 2.75) is 52.2 Å². The molecule has 4 rings (SSSR count). The van der Waals surface area contributed by atoms with Gasteiger partial charge in [-0.15, -0.1) is 0 Å². The summed E-state index contributed by atoms with van der Waals surface area (Å²) in [5, 5.41) is 3.95. The summed E-state index contributed by atoms with van der Waals surface area (Å²) in [7, 11) is 1.66. The lowest BCUT2D eigenvalue weighted by Gasteiger charge is -2.31. The quantitative estimate of drug-likeness (QED) is 0.503. The molecule has 1 aliphatic rings. The van der Waals surface area contributed by atoms with E-state index in [1.807, 2.05) is 55.1 Å². The van der Waals surface area contributed by atoms with E-state index in [2.05, 4.69) is 17.3 Å². The predicted octanol–water partition coefficient (Wildman–Crippen LogP) is 5.64. The van der Waals surface area contributed by atoms with Crippen molar-refractivity contribution in [3.05, 3.63) is 76.7 Å². The average Bonchev–Trinajstić information content (AvgIpc) is 3.01. The van der Waals surface area contributed by atoms with Crippen LogP contribution in [0.3, 0.4) is 0 Å². The van der Waals surface area contributed by atoms with E-state index >= 15 is 0 Å². The predicted molar refractivity (Wildman–Crippen MR) is 122 cm³/mol. The van der Waals surface area contributed by atoms with Crippen molar-refractivity contribution in [3.8, 4) is 11.5 Å². The Hall–Kier alpha value is -3.28. The molecule has 6 heteroatoms. The van der Waals surface area contributed by atoms with Crippen LogP contribution in [0, 0.1) is 13.8 Å². The van der Waals surface area contributed by atoms with Crippen LogP contribution in [-0.2, 0) is 6.61 Å². The van der Waals surface area contributed by atoms with E-state index in [4.69, 9.17) is 14.0 Å². The van der Waals surface area contributed by atoms with Crippen molar-refractivity contribution in [2.24, 2.45) is 0 Å². The largest absolute Gasteiger partial charge is 0.497 e. The second-order valence-electron chi connectivity index (χ2n) is 8.25. The van der Waals surface area contributed by atoms with Crippen LogP contribution in [0.1, 0.15) is 64.7 Å². The monoisotopic (exact) mass is 434 g/mol. The maximum absolute atomic E-state index is 13.4. The van der Waals surface area contributed by atoms with Crippen molar-refractivity contribution < 1.29 is 18.8 Å². The zero-order chi connectivity index (χ0) is 22.5. The number of aromatic nitrogens is 1. The topological polar surface area (TPSA) is 64.8 Å². The van der Waals surface area contributed by atoms with Gasteiger partial charge in [-0.1, -0.05) is 30.1 Å². The van der Waals surface area contributed by atoms with Crippen LogP contribution in [0.4, 0.5) is 0 Å². The Kier molecular flexibility index (Phi) is 6.78. The molecule has 1 saturated heterocycles. The van der Waals surface area contributed by atoms with E-state index in [1.165, 1.54) is 0 Å². The van der Waals surface area contributed by atoms with Gasteiger partial charge in [0.2, 0.25) is 0 Å². The third-order valence-corrected chi connectivity index (χ3v) is 6.18. The summed E-state index contributed by atoms with van der Waals surface area (Å²) < 4.78 is 16.4. The number of nitrogens with zero attached hydrogens (tertiary/aromatic N) is 2. The summed E-state index contributed by atoms with van der Waals surface area (Å²) in [6, 6.07) is 15.6. The molecule has 1 atom stereocenters. The minimum absolute atomic E-state index is 0.0602. The van der Waals surface area contributed by atoms with E-state index in [1.54, 1.807) is 7.11 Å². The Bertz CT molecular complexity index is 1020. The first-order chi connectivity index (χ1) is 15.6. The summed E-state index contributed by atoms with van der Waals surface area (Å²) in [5.41, 5.74) is 3.62. The molecule has 3 aromatic rings. The number of hydrogen-bond acceptors (Lipinski definition) is 5. The van der Waals surface area contributed by atoms with E-state index in [-0.39, 0.29) is 11.9 Å². The molecule has 32 heavy (non-hydrogen) atoms. The molecule has 168 valence electrons. The molecule has 0 N–H and O–H groups in total. The normalized spacial score (nSPS) is 16.5. The maximum Gasteiger partial charge on any atom is 0.254 e. The van der Waals surface area contributed by atoms with Crippen molar-refractivity contribution >= 4 is 5.91 Å². The van der Waals surface area contributed by atoms with E-state index in [9.17, 15) is 4.79 Å². The van der Waals surface area contributed by atoms with Crippen molar-refractivity contribution in [3.63, 3.8) is 0 Å². The number of carbonyl (C=O) groups excluding carboxylic acids is 1. The SMILES string of the molecule is COc1ccc(C2CCCCCN2C(=O)c2ccc(OCc3c(C)noc3C)cc2)cc1. The van der Waals surface area contributed by atoms with Crippen molar-refractivity contribution in [1.29, 1.82) is 0 Å². The van der Waals surface area contributed by atoms with Crippen molar-refractivity contribution in [2.75, 3.05) is 13.7 Å². The fraction of sp³-hybridized carbons (Fsp3) is 0.385. The number of carbonyl (C=O) groups is 1. The highest BCUT2D eigenvalue weighted by molar-refractivity contribution is 5.94. The average molecular weight is 435 g/mol. The minimum Gasteiger partial charge on any atom is -0.497 e. The lowest BCUT2D eigenvalue weighted by molar-refractivity contribution is 0.0681. The highest BCUT2D eigenvalue weighted by atomic mass is 16.5. The number of ether oxygens (including phenoxy) is 2. The summed E-state index contributed by atoms with van der Waals surface area (Å²) in [6.45, 7) is 4.93. The molecule has 2 aromatic carbocycles. The molecule has 1 fully saturated rings. The number of aryl methyl sites for hydroxylation is 2. The third kappa shape index (κ3) is 4.79. The highest BCUT2D eigenvalue weighted by Crippen LogP contribution is 2.32. The van der Waals surface area contributed by atoms with E-state index in [0.717, 1.165) is 60.6 Å². The Morgan fingerprint density at radius 1 is 1.03 bits per heavy atom. The van der Waals surface area contributed by atoms with E-state index in [0.29, 0.717) is 17.9 Å². The first-order valence-corrected chi connectivity index (χ1v) is 11.2. The summed E-state index contributed by atoms with van der Waals surface area (Å²) in [4.78, 5) is 15.5. The summed E-state index contributed by atoms with van der Waals surface area (Å²) in [6.07, 6.45) is 4.26. The highest BCUT2D eigenvalue weighted by Gasteiger charge is 2.27. The van der Waals surface area contributed by atoms with Crippen LogP contribution in [-0.4, -0.2) is 29.6 Å². The van der Waals surface area contributed by atoms with Crippen LogP contribution in [0.5, 0.6) is 11.5 Å². The molecule has 1 aromatic heterocycles. The molecule has 0 spiro atoms. The Morgan fingerprint density at radius 2 is 1.75 bits per heavy atom. The Morgan fingerprint density at radius 3 is 2.41 bits per heavy atom. The van der Waals surface area contributed by atoms with Gasteiger partial charge in [-0.3, -0.25) is 4.79 Å². The zero-order valence-electron chi connectivity index (χ0n) is 19.0. The number of benzene rings is 2. The number of methoxy groups -OCH3 is 1. The van der Waals surface area contributed by atoms with Crippen LogP contribution < -0.4 is 9.47 Å². The van der Waals surface area contributed by atoms with Gasteiger partial charge in [-0.25, -0.2) is 0 Å². The summed E-state index contributed by atoms with van der Waals surface area (Å²) in [5.74, 6) is 2.36. The number of likely N-dealkylation sites (tertiary alicyclic amines) is 1. The van der Waals surface area contributed by atoms with Gasteiger partial charge in [0.05, 0.1) is 24.4 Å². The molecule has 2 heterocycles.